The summed E-state index contributed by atoms with van der Waals surface area (Å²) in [6.07, 6.45) is 0. The van der Waals surface area contributed by atoms with Crippen molar-refractivity contribution in [3.05, 3.63) is 90.0 Å². The van der Waals surface area contributed by atoms with Crippen molar-refractivity contribution in [3.63, 3.8) is 0 Å². The lowest BCUT2D eigenvalue weighted by Crippen LogP contribution is -2.05. The van der Waals surface area contributed by atoms with Crippen molar-refractivity contribution in [2.45, 2.75) is 0 Å². The van der Waals surface area contributed by atoms with Crippen LogP contribution >= 0.6 is 24.0 Å². The Hall–Kier alpha value is -2.62. The van der Waals surface area contributed by atoms with E-state index in [0.29, 0.717) is 17.4 Å². The molecule has 0 saturated carbocycles. The van der Waals surface area contributed by atoms with Gasteiger partial charge in [0.2, 0.25) is 0 Å². The lowest BCUT2D eigenvalue weighted by atomic mass is 10.00. The third-order valence-corrected chi connectivity index (χ3v) is 4.54. The maximum absolute atomic E-state index is 6.39. The van der Waals surface area contributed by atoms with Gasteiger partial charge in [-0.2, -0.15) is 0 Å². The van der Waals surface area contributed by atoms with Crippen molar-refractivity contribution in [2.24, 2.45) is 0 Å². The van der Waals surface area contributed by atoms with Gasteiger partial charge in [-0.25, -0.2) is 0 Å². The van der Waals surface area contributed by atoms with E-state index in [4.69, 9.17) is 21.1 Å². The summed E-state index contributed by atoms with van der Waals surface area (Å²) in [6, 6.07) is 26.0. The lowest BCUT2D eigenvalue weighted by molar-refractivity contribution is 0.355. The topological polar surface area (TPSA) is 30.5 Å². The molecule has 3 aromatic rings. The summed E-state index contributed by atoms with van der Waals surface area (Å²) >= 11 is 6.39. The first-order valence-electron chi connectivity index (χ1n) is 8.65. The van der Waals surface area contributed by atoms with Crippen molar-refractivity contribution in [2.75, 3.05) is 25.4 Å². The summed E-state index contributed by atoms with van der Waals surface area (Å²) in [5, 5.41) is 3.53. The van der Waals surface area contributed by atoms with Gasteiger partial charge in [0, 0.05) is 11.3 Å². The molecule has 3 nitrogen and oxygen atoms in total. The number of benzene rings is 3. The zero-order valence-corrected chi connectivity index (χ0v) is 17.4. The Kier molecular flexibility index (Phi) is 8.24. The van der Waals surface area contributed by atoms with Crippen molar-refractivity contribution >= 4 is 41.0 Å². The molecule has 0 aromatic heterocycles. The molecule has 0 heterocycles. The minimum atomic E-state index is 0. The molecular weight excluding hydrogens is 393 g/mol. The van der Waals surface area contributed by atoms with Gasteiger partial charge >= 0.3 is 0 Å². The number of halogens is 2. The second-order valence-corrected chi connectivity index (χ2v) is 6.18. The summed E-state index contributed by atoms with van der Waals surface area (Å²) in [4.78, 5) is 0. The molecule has 5 heteroatoms. The van der Waals surface area contributed by atoms with Crippen LogP contribution in [0.5, 0.6) is 11.5 Å². The predicted octanol–water partition coefficient (Wildman–Crippen LogP) is 6.34. The van der Waals surface area contributed by atoms with E-state index in [-0.39, 0.29) is 12.4 Å². The molecule has 1 N–H and O–H groups in total. The molecule has 0 unspecified atom stereocenters. The highest BCUT2D eigenvalue weighted by Crippen LogP contribution is 2.34. The van der Waals surface area contributed by atoms with Crippen molar-refractivity contribution in [1.82, 2.24) is 0 Å². The SMILES string of the molecule is COc1ccc(/C(Nc2ccccc2)=C(\CCl)c2ccccc2)cc1OC.Cl. The average molecular weight is 416 g/mol. The largest absolute Gasteiger partial charge is 0.493 e. The number of ether oxygens (including phenoxy) is 2. The molecule has 28 heavy (non-hydrogen) atoms. The van der Waals surface area contributed by atoms with E-state index in [2.05, 4.69) is 17.4 Å². The normalized spacial score (nSPS) is 11.1. The molecule has 146 valence electrons. The maximum atomic E-state index is 6.39. The number of anilines is 1. The fourth-order valence-corrected chi connectivity index (χ4v) is 3.19. The Morgan fingerprint density at radius 3 is 1.96 bits per heavy atom. The number of hydrogen-bond acceptors (Lipinski definition) is 3. The minimum absolute atomic E-state index is 0. The number of alkyl halides is 1. The van der Waals surface area contributed by atoms with Crippen LogP contribution in [0.2, 0.25) is 0 Å². The molecule has 0 aliphatic heterocycles. The van der Waals surface area contributed by atoms with Gasteiger partial charge in [0.1, 0.15) is 0 Å². The highest BCUT2D eigenvalue weighted by atomic mass is 35.5. The van der Waals surface area contributed by atoms with Crippen LogP contribution in [-0.2, 0) is 0 Å². The number of rotatable bonds is 7. The van der Waals surface area contributed by atoms with Crippen LogP contribution in [0.1, 0.15) is 11.1 Å². The molecular formula is C23H23Cl2NO2. The van der Waals surface area contributed by atoms with E-state index in [1.807, 2.05) is 66.7 Å². The molecule has 0 saturated heterocycles. The quantitative estimate of drug-likeness (QED) is 0.360. The van der Waals surface area contributed by atoms with Gasteiger partial charge in [-0.1, -0.05) is 48.5 Å². The zero-order valence-electron chi connectivity index (χ0n) is 15.8. The van der Waals surface area contributed by atoms with Gasteiger partial charge < -0.3 is 14.8 Å². The molecule has 3 rings (SSSR count). The zero-order chi connectivity index (χ0) is 19.1. The summed E-state index contributed by atoms with van der Waals surface area (Å²) < 4.78 is 10.9. The number of hydrogen-bond donors (Lipinski definition) is 1. The molecule has 0 spiro atoms. The molecule has 0 aliphatic rings. The number of methoxy groups -OCH3 is 2. The van der Waals surface area contributed by atoms with Crippen LogP contribution in [0.4, 0.5) is 5.69 Å². The molecule has 0 aliphatic carbocycles. The van der Waals surface area contributed by atoms with Gasteiger partial charge in [-0.15, -0.1) is 24.0 Å². The third kappa shape index (κ3) is 5.00. The first kappa shape index (κ1) is 21.7. The molecule has 3 aromatic carbocycles. The molecule has 0 bridgehead atoms. The van der Waals surface area contributed by atoms with E-state index in [1.165, 1.54) is 0 Å². The predicted molar refractivity (Wildman–Crippen MR) is 121 cm³/mol. The van der Waals surface area contributed by atoms with E-state index in [1.54, 1.807) is 14.2 Å². The summed E-state index contributed by atoms with van der Waals surface area (Å²) in [7, 11) is 3.26. The highest BCUT2D eigenvalue weighted by Gasteiger charge is 2.14. The van der Waals surface area contributed by atoms with Crippen LogP contribution in [0.3, 0.4) is 0 Å². The third-order valence-electron chi connectivity index (χ3n) is 4.27. The van der Waals surface area contributed by atoms with E-state index < -0.39 is 0 Å². The molecule has 0 atom stereocenters. The lowest BCUT2D eigenvalue weighted by Gasteiger charge is -2.18. The Labute approximate surface area is 177 Å². The smallest absolute Gasteiger partial charge is 0.161 e. The number of para-hydroxylation sites is 1. The molecule has 0 radical (unpaired) electrons. The van der Waals surface area contributed by atoms with Crippen molar-refractivity contribution in [1.29, 1.82) is 0 Å². The number of nitrogens with one attached hydrogen (secondary N) is 1. The summed E-state index contributed by atoms with van der Waals surface area (Å²) in [6.45, 7) is 0. The monoisotopic (exact) mass is 415 g/mol. The van der Waals surface area contributed by atoms with Crippen molar-refractivity contribution < 1.29 is 9.47 Å². The van der Waals surface area contributed by atoms with Crippen LogP contribution in [-0.4, -0.2) is 20.1 Å². The molecule has 0 amide bonds. The summed E-state index contributed by atoms with van der Waals surface area (Å²) in [5.41, 5.74) is 4.97. The molecule has 0 fully saturated rings. The fraction of sp³-hybridized carbons (Fsp3) is 0.130. The van der Waals surface area contributed by atoms with Gasteiger partial charge in [-0.05, 0) is 41.5 Å². The Balaban J connectivity index is 0.00000280. The van der Waals surface area contributed by atoms with Crippen LogP contribution in [0.25, 0.3) is 11.3 Å². The minimum Gasteiger partial charge on any atom is -0.493 e. The van der Waals surface area contributed by atoms with Crippen LogP contribution in [0, 0.1) is 0 Å². The van der Waals surface area contributed by atoms with E-state index in [0.717, 1.165) is 28.1 Å². The highest BCUT2D eigenvalue weighted by molar-refractivity contribution is 6.25. The van der Waals surface area contributed by atoms with Gasteiger partial charge in [0.05, 0.1) is 25.8 Å². The van der Waals surface area contributed by atoms with Crippen LogP contribution < -0.4 is 14.8 Å². The van der Waals surface area contributed by atoms with E-state index >= 15 is 0 Å². The Morgan fingerprint density at radius 2 is 1.39 bits per heavy atom. The standard InChI is InChI=1S/C23H22ClNO2.ClH/c1-26-21-14-13-18(15-22(21)27-2)23(25-19-11-7-4-8-12-19)20(16-24)17-9-5-3-6-10-17;/h3-15,25H,16H2,1-2H3;1H/b23-20-;. The first-order valence-corrected chi connectivity index (χ1v) is 9.19. The Bertz CT molecular complexity index is 912. The summed E-state index contributed by atoms with van der Waals surface area (Å²) in [5.74, 6) is 1.73. The fourth-order valence-electron chi connectivity index (χ4n) is 2.91. The number of allylic oxidation sites excluding steroid dienone is 1. The van der Waals surface area contributed by atoms with Gasteiger partial charge in [0.25, 0.3) is 0 Å². The Morgan fingerprint density at radius 1 is 0.786 bits per heavy atom. The second-order valence-electron chi connectivity index (χ2n) is 5.91. The van der Waals surface area contributed by atoms with Crippen LogP contribution in [0.15, 0.2) is 78.9 Å². The maximum Gasteiger partial charge on any atom is 0.161 e. The van der Waals surface area contributed by atoms with E-state index in [9.17, 15) is 0 Å². The first-order chi connectivity index (χ1) is 13.3. The van der Waals surface area contributed by atoms with Gasteiger partial charge in [-0.3, -0.25) is 0 Å². The average Bonchev–Trinajstić information content (AvgIpc) is 2.74. The second kappa shape index (κ2) is 10.6. The van der Waals surface area contributed by atoms with Gasteiger partial charge in [0.15, 0.2) is 11.5 Å². The van der Waals surface area contributed by atoms with Crippen molar-refractivity contribution in [3.8, 4) is 11.5 Å².